The van der Waals surface area contributed by atoms with Gasteiger partial charge in [-0.15, -0.1) is 11.6 Å². The van der Waals surface area contributed by atoms with Crippen molar-refractivity contribution in [2.75, 3.05) is 13.0 Å². The number of para-hydroxylation sites is 2. The van der Waals surface area contributed by atoms with E-state index in [0.29, 0.717) is 18.0 Å². The second-order valence-corrected chi connectivity index (χ2v) is 5.19. The number of benzene rings is 1. The fourth-order valence-corrected chi connectivity index (χ4v) is 2.87. The number of aryl methyl sites for hydroxylation is 1. The molecule has 1 fully saturated rings. The Labute approximate surface area is 112 Å². The molecule has 96 valence electrons. The first-order chi connectivity index (χ1) is 8.83. The highest BCUT2D eigenvalue weighted by molar-refractivity contribution is 6.17. The van der Waals surface area contributed by atoms with Gasteiger partial charge in [0.05, 0.1) is 17.1 Å². The molecule has 1 aliphatic carbocycles. The lowest BCUT2D eigenvalue weighted by Gasteiger charge is -2.36. The minimum absolute atomic E-state index is 0.403. The summed E-state index contributed by atoms with van der Waals surface area (Å²) >= 11 is 5.88. The van der Waals surface area contributed by atoms with Crippen molar-refractivity contribution in [3.63, 3.8) is 0 Å². The molecular weight excluding hydrogens is 248 g/mol. The summed E-state index contributed by atoms with van der Waals surface area (Å²) in [5, 5.41) is 0. The van der Waals surface area contributed by atoms with Gasteiger partial charge in [-0.2, -0.15) is 0 Å². The van der Waals surface area contributed by atoms with Gasteiger partial charge in [0, 0.05) is 25.5 Å². The highest BCUT2D eigenvalue weighted by Gasteiger charge is 2.32. The molecule has 0 N–H and O–H groups in total. The molecule has 0 spiro atoms. The van der Waals surface area contributed by atoms with E-state index in [9.17, 15) is 0 Å². The third kappa shape index (κ3) is 1.91. The van der Waals surface area contributed by atoms with Gasteiger partial charge in [0.1, 0.15) is 5.82 Å². The monoisotopic (exact) mass is 264 g/mol. The van der Waals surface area contributed by atoms with Crippen LogP contribution < -0.4 is 0 Å². The summed E-state index contributed by atoms with van der Waals surface area (Å²) in [7, 11) is 1.78. The second kappa shape index (κ2) is 4.90. The molecule has 0 atom stereocenters. The first kappa shape index (κ1) is 12.0. The maximum atomic E-state index is 5.88. The minimum Gasteiger partial charge on any atom is -0.381 e. The lowest BCUT2D eigenvalue weighted by Crippen LogP contribution is -2.33. The zero-order chi connectivity index (χ0) is 12.5. The summed E-state index contributed by atoms with van der Waals surface area (Å²) in [4.78, 5) is 4.69. The van der Waals surface area contributed by atoms with E-state index < -0.39 is 0 Å². The number of hydrogen-bond acceptors (Lipinski definition) is 2. The Hall–Kier alpha value is -1.06. The standard InChI is InChI=1S/C14H17ClN2O/c1-18-11-8-10(9-11)17-13-5-3-2-4-12(13)16-14(17)6-7-15/h2-5,10-11H,6-9H2,1H3. The lowest BCUT2D eigenvalue weighted by molar-refractivity contribution is 0.00664. The van der Waals surface area contributed by atoms with Crippen LogP contribution >= 0.6 is 11.6 Å². The van der Waals surface area contributed by atoms with Gasteiger partial charge in [0.2, 0.25) is 0 Å². The predicted molar refractivity (Wildman–Crippen MR) is 73.2 cm³/mol. The van der Waals surface area contributed by atoms with Gasteiger partial charge < -0.3 is 9.30 Å². The third-order valence-corrected chi connectivity index (χ3v) is 3.94. The number of halogens is 1. The molecule has 3 nitrogen and oxygen atoms in total. The van der Waals surface area contributed by atoms with Crippen molar-refractivity contribution >= 4 is 22.6 Å². The molecule has 1 aromatic carbocycles. The lowest BCUT2D eigenvalue weighted by atomic mass is 9.88. The first-order valence-electron chi connectivity index (χ1n) is 6.38. The summed E-state index contributed by atoms with van der Waals surface area (Å²) in [6.45, 7) is 0. The highest BCUT2D eigenvalue weighted by atomic mass is 35.5. The van der Waals surface area contributed by atoms with Crippen LogP contribution in [0.2, 0.25) is 0 Å². The average Bonchev–Trinajstić information content (AvgIpc) is 2.67. The number of ether oxygens (including phenoxy) is 1. The molecule has 18 heavy (non-hydrogen) atoms. The number of aromatic nitrogens is 2. The quantitative estimate of drug-likeness (QED) is 0.793. The zero-order valence-electron chi connectivity index (χ0n) is 10.5. The van der Waals surface area contributed by atoms with Crippen LogP contribution in [0, 0.1) is 0 Å². The van der Waals surface area contributed by atoms with E-state index in [2.05, 4.69) is 22.8 Å². The van der Waals surface area contributed by atoms with Crippen molar-refractivity contribution in [1.82, 2.24) is 9.55 Å². The van der Waals surface area contributed by atoms with Crippen molar-refractivity contribution in [2.45, 2.75) is 31.4 Å². The van der Waals surface area contributed by atoms with Gasteiger partial charge in [-0.3, -0.25) is 0 Å². The van der Waals surface area contributed by atoms with Crippen molar-refractivity contribution in [1.29, 1.82) is 0 Å². The first-order valence-corrected chi connectivity index (χ1v) is 6.91. The van der Waals surface area contributed by atoms with E-state index >= 15 is 0 Å². The van der Waals surface area contributed by atoms with E-state index in [1.165, 1.54) is 5.52 Å². The van der Waals surface area contributed by atoms with Crippen LogP contribution in [0.5, 0.6) is 0 Å². The number of hydrogen-bond donors (Lipinski definition) is 0. The van der Waals surface area contributed by atoms with Crippen LogP contribution in [-0.4, -0.2) is 28.6 Å². The van der Waals surface area contributed by atoms with Crippen LogP contribution in [0.15, 0.2) is 24.3 Å². The number of rotatable bonds is 4. The van der Waals surface area contributed by atoms with E-state index in [-0.39, 0.29) is 0 Å². The van der Waals surface area contributed by atoms with E-state index in [1.807, 2.05) is 6.07 Å². The van der Waals surface area contributed by atoms with Gasteiger partial charge in [0.25, 0.3) is 0 Å². The highest BCUT2D eigenvalue weighted by Crippen LogP contribution is 2.37. The Morgan fingerprint density at radius 2 is 2.17 bits per heavy atom. The molecule has 4 heteroatoms. The summed E-state index contributed by atoms with van der Waals surface area (Å²) in [5.74, 6) is 1.72. The van der Waals surface area contributed by atoms with Crippen LogP contribution in [0.4, 0.5) is 0 Å². The van der Waals surface area contributed by atoms with Gasteiger partial charge in [0.15, 0.2) is 0 Å². The molecule has 0 bridgehead atoms. The molecule has 0 saturated heterocycles. The molecule has 1 heterocycles. The summed E-state index contributed by atoms with van der Waals surface area (Å²) in [6, 6.07) is 8.82. The molecule has 0 aliphatic heterocycles. The molecule has 3 rings (SSSR count). The zero-order valence-corrected chi connectivity index (χ0v) is 11.2. The molecule has 1 aromatic heterocycles. The maximum absolute atomic E-state index is 5.88. The average molecular weight is 265 g/mol. The number of nitrogens with zero attached hydrogens (tertiary/aromatic N) is 2. The Bertz CT molecular complexity index is 546. The largest absolute Gasteiger partial charge is 0.381 e. The summed E-state index contributed by atoms with van der Waals surface area (Å²) < 4.78 is 7.72. The molecule has 0 unspecified atom stereocenters. The molecular formula is C14H17ClN2O. The van der Waals surface area contributed by atoms with E-state index in [1.54, 1.807) is 7.11 Å². The predicted octanol–water partition coefficient (Wildman–Crippen LogP) is 3.17. The Balaban J connectivity index is 1.99. The molecule has 1 saturated carbocycles. The van der Waals surface area contributed by atoms with Crippen molar-refractivity contribution in [2.24, 2.45) is 0 Å². The number of methoxy groups -OCH3 is 1. The van der Waals surface area contributed by atoms with Gasteiger partial charge in [-0.05, 0) is 25.0 Å². The topological polar surface area (TPSA) is 27.1 Å². The van der Waals surface area contributed by atoms with Crippen LogP contribution in [-0.2, 0) is 11.2 Å². The fraction of sp³-hybridized carbons (Fsp3) is 0.500. The number of fused-ring (bicyclic) bond motifs is 1. The van der Waals surface area contributed by atoms with Gasteiger partial charge in [-0.1, -0.05) is 12.1 Å². The summed E-state index contributed by atoms with van der Waals surface area (Å²) in [6.07, 6.45) is 3.38. The number of imidazole rings is 1. The second-order valence-electron chi connectivity index (χ2n) is 4.81. The van der Waals surface area contributed by atoms with Crippen molar-refractivity contribution < 1.29 is 4.74 Å². The molecule has 0 radical (unpaired) electrons. The van der Waals surface area contributed by atoms with E-state index in [0.717, 1.165) is 30.6 Å². The maximum Gasteiger partial charge on any atom is 0.111 e. The summed E-state index contributed by atoms with van der Waals surface area (Å²) in [5.41, 5.74) is 2.29. The molecule has 1 aliphatic rings. The van der Waals surface area contributed by atoms with Crippen molar-refractivity contribution in [3.05, 3.63) is 30.1 Å². The normalized spacial score (nSPS) is 23.2. The minimum atomic E-state index is 0.403. The molecule has 2 aromatic rings. The SMILES string of the molecule is COC1CC(n2c(CCCl)nc3ccccc32)C1. The molecule has 0 amide bonds. The Kier molecular flexibility index (Phi) is 3.27. The van der Waals surface area contributed by atoms with Crippen LogP contribution in [0.1, 0.15) is 24.7 Å². The van der Waals surface area contributed by atoms with Gasteiger partial charge in [-0.25, -0.2) is 4.98 Å². The fourth-order valence-electron chi connectivity index (χ4n) is 2.70. The smallest absolute Gasteiger partial charge is 0.111 e. The third-order valence-electron chi connectivity index (χ3n) is 3.76. The van der Waals surface area contributed by atoms with Crippen LogP contribution in [0.3, 0.4) is 0 Å². The Morgan fingerprint density at radius 1 is 1.39 bits per heavy atom. The van der Waals surface area contributed by atoms with E-state index in [4.69, 9.17) is 21.3 Å². The van der Waals surface area contributed by atoms with Crippen molar-refractivity contribution in [3.8, 4) is 0 Å². The Morgan fingerprint density at radius 3 is 2.89 bits per heavy atom. The number of alkyl halides is 1. The van der Waals surface area contributed by atoms with Gasteiger partial charge >= 0.3 is 0 Å². The van der Waals surface area contributed by atoms with Crippen LogP contribution in [0.25, 0.3) is 11.0 Å².